The maximum Gasteiger partial charge on any atom is 0.223 e. The molecule has 0 atom stereocenters. The smallest absolute Gasteiger partial charge is 0.223 e. The van der Waals surface area contributed by atoms with E-state index in [1.54, 1.807) is 12.1 Å². The lowest BCUT2D eigenvalue weighted by atomic mass is 10.1. The average molecular weight is 317 g/mol. The maximum absolute atomic E-state index is 12.2. The number of Topliss-reactive ketones (excluding diaryl/α,β-unsaturated/α-hetero) is 1. The molecule has 0 aromatic heterocycles. The van der Waals surface area contributed by atoms with Crippen LogP contribution in [0, 0.1) is 0 Å². The molecule has 1 aliphatic rings. The van der Waals surface area contributed by atoms with Crippen molar-refractivity contribution in [1.29, 1.82) is 0 Å². The number of likely N-dealkylation sites (tertiary alicyclic amines) is 1. The molecular weight excluding hydrogens is 290 g/mol. The Bertz CT molecular complexity index is 502. The molecule has 0 aliphatic carbocycles. The van der Waals surface area contributed by atoms with Gasteiger partial charge in [-0.1, -0.05) is 19.8 Å². The highest BCUT2D eigenvalue weighted by molar-refractivity contribution is 5.98. The molecule has 2 rings (SSSR count). The van der Waals surface area contributed by atoms with Crippen LogP contribution in [-0.4, -0.2) is 36.3 Å². The molecule has 1 fully saturated rings. The summed E-state index contributed by atoms with van der Waals surface area (Å²) in [5.41, 5.74) is 0.650. The molecule has 1 saturated heterocycles. The Morgan fingerprint density at radius 3 is 2.26 bits per heavy atom. The lowest BCUT2D eigenvalue weighted by Crippen LogP contribution is -2.32. The second-order valence-corrected chi connectivity index (χ2v) is 6.09. The Labute approximate surface area is 138 Å². The Kier molecular flexibility index (Phi) is 7.11. The second-order valence-electron chi connectivity index (χ2n) is 6.09. The molecule has 1 aliphatic heterocycles. The van der Waals surface area contributed by atoms with Crippen molar-refractivity contribution in [3.05, 3.63) is 29.8 Å². The lowest BCUT2D eigenvalue weighted by Gasteiger charge is -2.20. The van der Waals surface area contributed by atoms with E-state index in [0.717, 1.165) is 38.1 Å². The van der Waals surface area contributed by atoms with Crippen molar-refractivity contribution < 1.29 is 14.3 Å². The molecule has 4 heteroatoms. The fourth-order valence-electron chi connectivity index (χ4n) is 2.80. The third-order valence-electron chi connectivity index (χ3n) is 4.17. The third-order valence-corrected chi connectivity index (χ3v) is 4.17. The fraction of sp³-hybridized carbons (Fsp3) is 0.579. The van der Waals surface area contributed by atoms with Gasteiger partial charge in [0.05, 0.1) is 6.61 Å². The van der Waals surface area contributed by atoms with E-state index in [1.165, 1.54) is 12.8 Å². The number of amides is 1. The molecule has 126 valence electrons. The van der Waals surface area contributed by atoms with Gasteiger partial charge in [0.25, 0.3) is 0 Å². The number of hydrogen-bond acceptors (Lipinski definition) is 3. The van der Waals surface area contributed by atoms with Crippen LogP contribution in [0.1, 0.15) is 62.2 Å². The summed E-state index contributed by atoms with van der Waals surface area (Å²) < 4.78 is 5.51. The minimum absolute atomic E-state index is 0.0233. The number of nitrogens with zero attached hydrogens (tertiary/aromatic N) is 1. The van der Waals surface area contributed by atoms with Crippen LogP contribution in [0.15, 0.2) is 24.3 Å². The molecule has 4 nitrogen and oxygen atoms in total. The summed E-state index contributed by atoms with van der Waals surface area (Å²) in [6.07, 6.45) is 6.12. The Morgan fingerprint density at radius 1 is 1.00 bits per heavy atom. The summed E-state index contributed by atoms with van der Waals surface area (Å²) in [5, 5.41) is 0. The molecule has 0 unspecified atom stereocenters. The fourth-order valence-corrected chi connectivity index (χ4v) is 2.80. The highest BCUT2D eigenvalue weighted by atomic mass is 16.5. The van der Waals surface area contributed by atoms with Gasteiger partial charge in [-0.05, 0) is 43.5 Å². The number of carbonyl (C=O) groups excluding carboxylic acids is 2. The summed E-state index contributed by atoms with van der Waals surface area (Å²) in [6.45, 7) is 4.42. The Balaban J connectivity index is 1.80. The summed E-state index contributed by atoms with van der Waals surface area (Å²) in [5.74, 6) is 0.919. The first-order valence-corrected chi connectivity index (χ1v) is 8.74. The zero-order valence-electron chi connectivity index (χ0n) is 14.1. The zero-order chi connectivity index (χ0) is 16.5. The van der Waals surface area contributed by atoms with Crippen LogP contribution >= 0.6 is 0 Å². The van der Waals surface area contributed by atoms with E-state index in [9.17, 15) is 9.59 Å². The van der Waals surface area contributed by atoms with Gasteiger partial charge in [0, 0.05) is 31.5 Å². The molecule has 0 bridgehead atoms. The van der Waals surface area contributed by atoms with Gasteiger partial charge < -0.3 is 9.64 Å². The minimum atomic E-state index is 0.0233. The third kappa shape index (κ3) is 5.70. The molecule has 0 radical (unpaired) electrons. The summed E-state index contributed by atoms with van der Waals surface area (Å²) in [4.78, 5) is 26.3. The average Bonchev–Trinajstić information content (AvgIpc) is 2.87. The highest BCUT2D eigenvalue weighted by Crippen LogP contribution is 2.16. The van der Waals surface area contributed by atoms with Gasteiger partial charge in [0.15, 0.2) is 5.78 Å². The van der Waals surface area contributed by atoms with E-state index in [2.05, 4.69) is 6.92 Å². The van der Waals surface area contributed by atoms with E-state index in [1.807, 2.05) is 17.0 Å². The number of carbonyl (C=O) groups is 2. The van der Waals surface area contributed by atoms with Crippen LogP contribution in [-0.2, 0) is 4.79 Å². The van der Waals surface area contributed by atoms with E-state index in [4.69, 9.17) is 4.74 Å². The predicted octanol–water partition coefficient (Wildman–Crippen LogP) is 3.84. The van der Waals surface area contributed by atoms with Crippen LogP contribution in [0.25, 0.3) is 0 Å². The Morgan fingerprint density at radius 2 is 1.65 bits per heavy atom. The molecule has 1 aromatic rings. The van der Waals surface area contributed by atoms with Gasteiger partial charge in [-0.15, -0.1) is 0 Å². The van der Waals surface area contributed by atoms with Crippen LogP contribution in [0.3, 0.4) is 0 Å². The van der Waals surface area contributed by atoms with E-state index >= 15 is 0 Å². The number of benzene rings is 1. The van der Waals surface area contributed by atoms with Crippen LogP contribution in [0.2, 0.25) is 0 Å². The van der Waals surface area contributed by atoms with E-state index < -0.39 is 0 Å². The number of ketones is 1. The predicted molar refractivity (Wildman–Crippen MR) is 90.8 cm³/mol. The minimum Gasteiger partial charge on any atom is -0.494 e. The van der Waals surface area contributed by atoms with Crippen molar-refractivity contribution in [2.45, 2.75) is 51.9 Å². The first-order valence-electron chi connectivity index (χ1n) is 8.74. The van der Waals surface area contributed by atoms with Gasteiger partial charge in [0.1, 0.15) is 5.75 Å². The largest absolute Gasteiger partial charge is 0.494 e. The number of hydrogen-bond donors (Lipinski definition) is 0. The Hall–Kier alpha value is -1.84. The monoisotopic (exact) mass is 317 g/mol. The van der Waals surface area contributed by atoms with Gasteiger partial charge in [-0.2, -0.15) is 0 Å². The topological polar surface area (TPSA) is 46.6 Å². The number of rotatable bonds is 7. The van der Waals surface area contributed by atoms with Crippen LogP contribution in [0.5, 0.6) is 5.75 Å². The van der Waals surface area contributed by atoms with Crippen molar-refractivity contribution in [1.82, 2.24) is 4.90 Å². The molecule has 0 spiro atoms. The molecule has 23 heavy (non-hydrogen) atoms. The lowest BCUT2D eigenvalue weighted by molar-refractivity contribution is -0.131. The zero-order valence-corrected chi connectivity index (χ0v) is 14.1. The van der Waals surface area contributed by atoms with Gasteiger partial charge >= 0.3 is 0 Å². The first-order chi connectivity index (χ1) is 11.2. The standard InChI is InChI=1S/C19H27NO3/c1-2-15-23-17-9-7-16(8-10-17)18(21)11-12-19(22)20-13-5-3-4-6-14-20/h7-10H,2-6,11-15H2,1H3. The second kappa shape index (κ2) is 9.33. The van der Waals surface area contributed by atoms with Gasteiger partial charge in [0.2, 0.25) is 5.91 Å². The van der Waals surface area contributed by atoms with Crippen molar-refractivity contribution in [2.24, 2.45) is 0 Å². The summed E-state index contributed by atoms with van der Waals surface area (Å²) in [7, 11) is 0. The molecule has 1 heterocycles. The quantitative estimate of drug-likeness (QED) is 0.718. The molecule has 0 saturated carbocycles. The van der Waals surface area contributed by atoms with Crippen molar-refractivity contribution in [3.63, 3.8) is 0 Å². The van der Waals surface area contributed by atoms with Crippen LogP contribution in [0.4, 0.5) is 0 Å². The number of ether oxygens (including phenoxy) is 1. The van der Waals surface area contributed by atoms with Gasteiger partial charge in [-0.3, -0.25) is 9.59 Å². The van der Waals surface area contributed by atoms with E-state index in [0.29, 0.717) is 18.6 Å². The SMILES string of the molecule is CCCOc1ccc(C(=O)CCC(=O)N2CCCCCC2)cc1. The van der Waals surface area contributed by atoms with Crippen molar-refractivity contribution in [3.8, 4) is 5.75 Å². The summed E-state index contributed by atoms with van der Waals surface area (Å²) in [6, 6.07) is 7.20. The van der Waals surface area contributed by atoms with Crippen molar-refractivity contribution >= 4 is 11.7 Å². The molecular formula is C19H27NO3. The highest BCUT2D eigenvalue weighted by Gasteiger charge is 2.17. The van der Waals surface area contributed by atoms with Gasteiger partial charge in [-0.25, -0.2) is 0 Å². The maximum atomic E-state index is 12.2. The summed E-state index contributed by atoms with van der Waals surface area (Å²) >= 11 is 0. The molecule has 0 N–H and O–H groups in total. The van der Waals surface area contributed by atoms with Crippen LogP contribution < -0.4 is 4.74 Å². The molecule has 1 aromatic carbocycles. The van der Waals surface area contributed by atoms with E-state index in [-0.39, 0.29) is 18.1 Å². The normalized spacial score (nSPS) is 15.1. The molecule has 1 amide bonds. The first kappa shape index (κ1) is 17.5. The van der Waals surface area contributed by atoms with Crippen molar-refractivity contribution in [2.75, 3.05) is 19.7 Å².